The Morgan fingerprint density at radius 1 is 1.10 bits per heavy atom. The Labute approximate surface area is 189 Å². The van der Waals surface area contributed by atoms with Crippen LogP contribution >= 0.6 is 0 Å². The second kappa shape index (κ2) is 6.17. The van der Waals surface area contributed by atoms with Crippen LogP contribution in [-0.4, -0.2) is 29.7 Å². The van der Waals surface area contributed by atoms with Crippen molar-refractivity contribution in [3.8, 4) is 0 Å². The highest BCUT2D eigenvalue weighted by Gasteiger charge is 2.87. The van der Waals surface area contributed by atoms with Gasteiger partial charge in [-0.2, -0.15) is 0 Å². The number of ether oxygens (including phenoxy) is 1. The molecular weight excluding hydrogens is 384 g/mol. The molecule has 6 fully saturated rings. The Balaban J connectivity index is 1.39. The van der Waals surface area contributed by atoms with Gasteiger partial charge in [0.25, 0.3) is 0 Å². The second-order valence-electron chi connectivity index (χ2n) is 14.0. The zero-order valence-corrected chi connectivity index (χ0v) is 20.5. The van der Waals surface area contributed by atoms with Gasteiger partial charge in [-0.15, -0.1) is 0 Å². The summed E-state index contributed by atoms with van der Waals surface area (Å²) < 4.78 is 5.83. The first-order valence-electron chi connectivity index (χ1n) is 13.3. The lowest BCUT2D eigenvalue weighted by Gasteiger charge is -2.57. The van der Waals surface area contributed by atoms with Crippen LogP contribution in [0.4, 0.5) is 0 Å². The first-order chi connectivity index (χ1) is 14.6. The van der Waals surface area contributed by atoms with Gasteiger partial charge in [0.05, 0.1) is 12.0 Å². The van der Waals surface area contributed by atoms with Crippen molar-refractivity contribution in [3.63, 3.8) is 0 Å². The molecule has 0 radical (unpaired) electrons. The number of aliphatic hydroxyl groups is 1. The molecule has 1 N–H and O–H groups in total. The van der Waals surface area contributed by atoms with Gasteiger partial charge in [-0.05, 0) is 104 Å². The Morgan fingerprint density at radius 2 is 1.87 bits per heavy atom. The molecule has 3 heteroatoms. The highest BCUT2D eigenvalue weighted by molar-refractivity contribution is 5.88. The lowest BCUT2D eigenvalue weighted by molar-refractivity contribution is -0.186. The minimum absolute atomic E-state index is 0.0643. The van der Waals surface area contributed by atoms with Crippen LogP contribution in [0.25, 0.3) is 0 Å². The van der Waals surface area contributed by atoms with Crippen LogP contribution < -0.4 is 0 Å². The first-order valence-corrected chi connectivity index (χ1v) is 13.3. The van der Waals surface area contributed by atoms with E-state index in [-0.39, 0.29) is 22.9 Å². The van der Waals surface area contributed by atoms with E-state index < -0.39 is 5.60 Å². The van der Waals surface area contributed by atoms with E-state index in [1.54, 1.807) is 7.11 Å². The van der Waals surface area contributed by atoms with E-state index in [1.807, 2.05) is 0 Å². The summed E-state index contributed by atoms with van der Waals surface area (Å²) in [4.78, 5) is 13.3. The van der Waals surface area contributed by atoms with Gasteiger partial charge in [0.15, 0.2) is 0 Å². The number of fused-ring (bicyclic) bond motifs is 2. The van der Waals surface area contributed by atoms with E-state index in [9.17, 15) is 9.90 Å². The molecule has 2 spiro atoms. The number of carbonyl (C=O) groups is 1. The Bertz CT molecular complexity index is 806. The zero-order valence-electron chi connectivity index (χ0n) is 20.5. The van der Waals surface area contributed by atoms with Gasteiger partial charge in [-0.1, -0.05) is 27.7 Å². The standard InChI is InChI=1S/C28H44O3/c1-17(2)12-18-6-8-26(14-18)10-11-27(16-26)9-7-19-15-24(3)25(27,4)22(19)23-20(29)13-21(31-5)28(23,24)30/h17-19,21-23,30H,6-16H2,1-5H3. The maximum absolute atomic E-state index is 13.3. The summed E-state index contributed by atoms with van der Waals surface area (Å²) in [5, 5.41) is 12.3. The number of hydrogen-bond acceptors (Lipinski definition) is 3. The monoisotopic (exact) mass is 428 g/mol. The summed E-state index contributed by atoms with van der Waals surface area (Å²) in [5.74, 6) is 2.82. The first kappa shape index (κ1) is 21.1. The largest absolute Gasteiger partial charge is 0.386 e. The molecular formula is C28H44O3. The molecule has 4 bridgehead atoms. The Kier molecular flexibility index (Phi) is 4.21. The van der Waals surface area contributed by atoms with E-state index in [1.165, 1.54) is 57.8 Å². The van der Waals surface area contributed by atoms with Crippen molar-refractivity contribution < 1.29 is 14.6 Å². The lowest BCUT2D eigenvalue weighted by atomic mass is 9.47. The molecule has 6 aliphatic rings. The third-order valence-electron chi connectivity index (χ3n) is 12.8. The fourth-order valence-electron chi connectivity index (χ4n) is 11.8. The zero-order chi connectivity index (χ0) is 22.0. The summed E-state index contributed by atoms with van der Waals surface area (Å²) in [6.45, 7) is 9.66. The van der Waals surface area contributed by atoms with Crippen LogP contribution in [0.5, 0.6) is 0 Å². The number of methoxy groups -OCH3 is 1. The highest BCUT2D eigenvalue weighted by Crippen LogP contribution is 2.87. The summed E-state index contributed by atoms with van der Waals surface area (Å²) >= 11 is 0. The van der Waals surface area contributed by atoms with Crippen molar-refractivity contribution in [2.24, 2.45) is 51.2 Å². The molecule has 0 amide bonds. The Hall–Kier alpha value is -0.410. The highest BCUT2D eigenvalue weighted by atomic mass is 16.5. The molecule has 0 heterocycles. The average molecular weight is 429 g/mol. The van der Waals surface area contributed by atoms with Crippen LogP contribution in [0.3, 0.4) is 0 Å². The minimum Gasteiger partial charge on any atom is -0.386 e. The van der Waals surface area contributed by atoms with Crippen LogP contribution in [0.1, 0.15) is 98.3 Å². The predicted octanol–water partition coefficient (Wildman–Crippen LogP) is 5.78. The van der Waals surface area contributed by atoms with E-state index >= 15 is 0 Å². The van der Waals surface area contributed by atoms with Crippen LogP contribution in [0, 0.1) is 51.2 Å². The van der Waals surface area contributed by atoms with Gasteiger partial charge in [-0.25, -0.2) is 0 Å². The molecule has 3 nitrogen and oxygen atoms in total. The molecule has 6 rings (SSSR count). The molecule has 6 saturated carbocycles. The summed E-state index contributed by atoms with van der Waals surface area (Å²) in [5.41, 5.74) is -0.252. The van der Waals surface area contributed by atoms with Crippen molar-refractivity contribution in [3.05, 3.63) is 0 Å². The number of carbonyl (C=O) groups excluding carboxylic acids is 1. The number of rotatable bonds is 3. The Morgan fingerprint density at radius 3 is 2.58 bits per heavy atom. The van der Waals surface area contributed by atoms with Crippen LogP contribution in [-0.2, 0) is 9.53 Å². The number of ketones is 1. The molecule has 0 aromatic rings. The van der Waals surface area contributed by atoms with Gasteiger partial charge in [0.1, 0.15) is 11.4 Å². The molecule has 10 unspecified atom stereocenters. The summed E-state index contributed by atoms with van der Waals surface area (Å²) in [6, 6.07) is 0. The fraction of sp³-hybridized carbons (Fsp3) is 0.964. The molecule has 6 aliphatic carbocycles. The van der Waals surface area contributed by atoms with Gasteiger partial charge < -0.3 is 9.84 Å². The predicted molar refractivity (Wildman–Crippen MR) is 121 cm³/mol. The van der Waals surface area contributed by atoms with E-state index in [2.05, 4.69) is 27.7 Å². The molecule has 0 aromatic carbocycles. The molecule has 31 heavy (non-hydrogen) atoms. The van der Waals surface area contributed by atoms with Crippen molar-refractivity contribution in [1.29, 1.82) is 0 Å². The summed E-state index contributed by atoms with van der Waals surface area (Å²) in [6.07, 6.45) is 13.5. The molecule has 0 saturated heterocycles. The van der Waals surface area contributed by atoms with Crippen molar-refractivity contribution in [2.45, 2.75) is 110 Å². The maximum Gasteiger partial charge on any atom is 0.141 e. The van der Waals surface area contributed by atoms with Gasteiger partial charge in [0, 0.05) is 18.9 Å². The van der Waals surface area contributed by atoms with Crippen LogP contribution in [0.15, 0.2) is 0 Å². The normalized spacial score (nSPS) is 59.6. The third kappa shape index (κ3) is 2.18. The SMILES string of the molecule is COC1CC(=O)C2C3C4CCC5(CCC6(CCC(CC(C)C)C6)C5)C3(C)C(C)(C4)C12O. The molecule has 174 valence electrons. The topological polar surface area (TPSA) is 46.5 Å². The molecule has 0 aliphatic heterocycles. The average Bonchev–Trinajstić information content (AvgIpc) is 3.41. The second-order valence-corrected chi connectivity index (χ2v) is 14.0. The molecule has 10 atom stereocenters. The van der Waals surface area contributed by atoms with E-state index in [0.29, 0.717) is 34.9 Å². The minimum atomic E-state index is -0.961. The number of hydrogen-bond donors (Lipinski definition) is 1. The quantitative estimate of drug-likeness (QED) is 0.620. The van der Waals surface area contributed by atoms with Gasteiger partial charge >= 0.3 is 0 Å². The van der Waals surface area contributed by atoms with Crippen molar-refractivity contribution >= 4 is 5.78 Å². The van der Waals surface area contributed by atoms with Gasteiger partial charge in [0.2, 0.25) is 0 Å². The van der Waals surface area contributed by atoms with E-state index in [0.717, 1.165) is 18.3 Å². The lowest BCUT2D eigenvalue weighted by Crippen LogP contribution is -2.58. The third-order valence-corrected chi connectivity index (χ3v) is 12.8. The van der Waals surface area contributed by atoms with E-state index in [4.69, 9.17) is 4.74 Å². The van der Waals surface area contributed by atoms with Crippen LogP contribution in [0.2, 0.25) is 0 Å². The number of Topliss-reactive ketones (excluding diaryl/α,β-unsaturated/α-hetero) is 1. The fourth-order valence-corrected chi connectivity index (χ4v) is 11.8. The summed E-state index contributed by atoms with van der Waals surface area (Å²) in [7, 11) is 1.70. The maximum atomic E-state index is 13.3. The molecule has 0 aromatic heterocycles. The van der Waals surface area contributed by atoms with Gasteiger partial charge in [-0.3, -0.25) is 4.79 Å². The van der Waals surface area contributed by atoms with Crippen molar-refractivity contribution in [2.75, 3.05) is 7.11 Å². The smallest absolute Gasteiger partial charge is 0.141 e. The van der Waals surface area contributed by atoms with Crippen molar-refractivity contribution in [1.82, 2.24) is 0 Å².